The second kappa shape index (κ2) is 5.92. The van der Waals surface area contributed by atoms with E-state index >= 15 is 0 Å². The van der Waals surface area contributed by atoms with Gasteiger partial charge < -0.3 is 5.73 Å². The highest BCUT2D eigenvalue weighted by molar-refractivity contribution is 7.99. The minimum absolute atomic E-state index is 0.472. The fraction of sp³-hybridized carbons (Fsp3) is 1.00. The van der Waals surface area contributed by atoms with E-state index in [9.17, 15) is 0 Å². The lowest BCUT2D eigenvalue weighted by molar-refractivity contribution is 0.327. The first-order valence-corrected chi connectivity index (χ1v) is 6.70. The summed E-state index contributed by atoms with van der Waals surface area (Å²) in [5, 5.41) is 0.749. The van der Waals surface area contributed by atoms with Crippen molar-refractivity contribution in [1.82, 2.24) is 0 Å². The number of nitrogens with two attached hydrogens (primary N) is 1. The predicted molar refractivity (Wildman–Crippen MR) is 62.1 cm³/mol. The zero-order valence-electron chi connectivity index (χ0n) is 8.96. The Labute approximate surface area is 86.8 Å². The molecule has 0 saturated heterocycles. The van der Waals surface area contributed by atoms with Crippen LogP contribution in [0.4, 0.5) is 0 Å². The van der Waals surface area contributed by atoms with Crippen LogP contribution in [0.2, 0.25) is 0 Å². The zero-order chi connectivity index (χ0) is 9.68. The van der Waals surface area contributed by atoms with Crippen molar-refractivity contribution in [1.29, 1.82) is 0 Å². The van der Waals surface area contributed by atoms with Crippen LogP contribution in [-0.4, -0.2) is 17.0 Å². The highest BCUT2D eigenvalue weighted by Gasteiger charge is 2.26. The molecule has 0 heterocycles. The summed E-state index contributed by atoms with van der Waals surface area (Å²) in [5.41, 5.74) is 6.12. The lowest BCUT2D eigenvalue weighted by Gasteiger charge is -2.33. The lowest BCUT2D eigenvalue weighted by Crippen LogP contribution is -2.38. The molecule has 13 heavy (non-hydrogen) atoms. The quantitative estimate of drug-likeness (QED) is 0.756. The minimum Gasteiger partial charge on any atom is -0.327 e. The van der Waals surface area contributed by atoms with Gasteiger partial charge in [-0.05, 0) is 37.4 Å². The van der Waals surface area contributed by atoms with E-state index < -0.39 is 0 Å². The van der Waals surface area contributed by atoms with Crippen LogP contribution >= 0.6 is 11.8 Å². The molecule has 2 heteroatoms. The molecule has 3 unspecified atom stereocenters. The van der Waals surface area contributed by atoms with Crippen molar-refractivity contribution in [3.05, 3.63) is 0 Å². The number of hydrogen-bond donors (Lipinski definition) is 1. The van der Waals surface area contributed by atoms with Gasteiger partial charge in [0.1, 0.15) is 0 Å². The summed E-state index contributed by atoms with van der Waals surface area (Å²) in [6.45, 7) is 4.56. The first kappa shape index (κ1) is 11.4. The topological polar surface area (TPSA) is 26.0 Å². The van der Waals surface area contributed by atoms with Crippen molar-refractivity contribution >= 4 is 11.8 Å². The van der Waals surface area contributed by atoms with Crippen LogP contribution in [0.5, 0.6) is 0 Å². The molecule has 0 radical (unpaired) electrons. The Morgan fingerprint density at radius 3 is 2.69 bits per heavy atom. The SMILES string of the molecule is CCCSC1CC(CC)CCC1N. The third kappa shape index (κ3) is 3.51. The monoisotopic (exact) mass is 201 g/mol. The summed E-state index contributed by atoms with van der Waals surface area (Å²) in [5.74, 6) is 2.24. The first-order chi connectivity index (χ1) is 6.27. The van der Waals surface area contributed by atoms with Crippen molar-refractivity contribution in [3.63, 3.8) is 0 Å². The number of rotatable bonds is 4. The van der Waals surface area contributed by atoms with Gasteiger partial charge in [-0.3, -0.25) is 0 Å². The van der Waals surface area contributed by atoms with E-state index in [0.29, 0.717) is 6.04 Å². The van der Waals surface area contributed by atoms with Crippen molar-refractivity contribution in [2.45, 2.75) is 57.2 Å². The van der Waals surface area contributed by atoms with Crippen molar-refractivity contribution in [2.75, 3.05) is 5.75 Å². The van der Waals surface area contributed by atoms with Crippen molar-refractivity contribution in [3.8, 4) is 0 Å². The lowest BCUT2D eigenvalue weighted by atomic mass is 9.84. The van der Waals surface area contributed by atoms with Gasteiger partial charge in [0.15, 0.2) is 0 Å². The Morgan fingerprint density at radius 2 is 2.08 bits per heavy atom. The molecule has 1 aliphatic rings. The van der Waals surface area contributed by atoms with Crippen LogP contribution in [0, 0.1) is 5.92 Å². The summed E-state index contributed by atoms with van der Waals surface area (Å²) >= 11 is 2.10. The van der Waals surface area contributed by atoms with Crippen LogP contribution in [0.3, 0.4) is 0 Å². The molecule has 0 aromatic heterocycles. The van der Waals surface area contributed by atoms with Gasteiger partial charge in [-0.1, -0.05) is 20.3 Å². The molecular weight excluding hydrogens is 178 g/mol. The molecule has 2 N–H and O–H groups in total. The van der Waals surface area contributed by atoms with Gasteiger partial charge in [0, 0.05) is 11.3 Å². The fourth-order valence-electron chi connectivity index (χ4n) is 2.07. The summed E-state index contributed by atoms with van der Waals surface area (Å²) in [4.78, 5) is 0. The highest BCUT2D eigenvalue weighted by atomic mass is 32.2. The minimum atomic E-state index is 0.472. The van der Waals surface area contributed by atoms with Crippen LogP contribution < -0.4 is 5.73 Å². The second-order valence-electron chi connectivity index (χ2n) is 4.16. The third-order valence-corrected chi connectivity index (χ3v) is 4.68. The largest absolute Gasteiger partial charge is 0.327 e. The van der Waals surface area contributed by atoms with E-state index in [0.717, 1.165) is 11.2 Å². The molecule has 1 rings (SSSR count). The molecule has 0 bridgehead atoms. The molecule has 1 fully saturated rings. The molecule has 0 aliphatic heterocycles. The molecule has 0 amide bonds. The van der Waals surface area contributed by atoms with Gasteiger partial charge in [-0.25, -0.2) is 0 Å². The van der Waals surface area contributed by atoms with Gasteiger partial charge in [0.25, 0.3) is 0 Å². The maximum Gasteiger partial charge on any atom is 0.0201 e. The third-order valence-electron chi connectivity index (χ3n) is 3.06. The molecule has 0 aromatic rings. The first-order valence-electron chi connectivity index (χ1n) is 5.65. The number of thioether (sulfide) groups is 1. The van der Waals surface area contributed by atoms with E-state index in [1.165, 1.54) is 37.9 Å². The van der Waals surface area contributed by atoms with E-state index in [4.69, 9.17) is 5.73 Å². The predicted octanol–water partition coefficient (Wildman–Crippen LogP) is 3.04. The normalized spacial score (nSPS) is 34.8. The van der Waals surface area contributed by atoms with E-state index in [2.05, 4.69) is 25.6 Å². The molecule has 1 saturated carbocycles. The summed E-state index contributed by atoms with van der Waals surface area (Å²) < 4.78 is 0. The van der Waals surface area contributed by atoms with Crippen LogP contribution in [0.1, 0.15) is 46.0 Å². The maximum atomic E-state index is 6.12. The molecule has 3 atom stereocenters. The van der Waals surface area contributed by atoms with Gasteiger partial charge in [-0.2, -0.15) is 11.8 Å². The average molecular weight is 201 g/mol. The molecule has 1 aliphatic carbocycles. The highest BCUT2D eigenvalue weighted by Crippen LogP contribution is 2.33. The summed E-state index contributed by atoms with van der Waals surface area (Å²) in [6, 6.07) is 0.472. The van der Waals surface area contributed by atoms with Crippen LogP contribution in [0.15, 0.2) is 0 Å². The number of hydrogen-bond acceptors (Lipinski definition) is 2. The van der Waals surface area contributed by atoms with E-state index in [1.807, 2.05) is 0 Å². The van der Waals surface area contributed by atoms with E-state index in [1.54, 1.807) is 0 Å². The summed E-state index contributed by atoms with van der Waals surface area (Å²) in [7, 11) is 0. The summed E-state index contributed by atoms with van der Waals surface area (Å²) in [6.07, 6.45) is 6.60. The smallest absolute Gasteiger partial charge is 0.0201 e. The maximum absolute atomic E-state index is 6.12. The Hall–Kier alpha value is 0.310. The molecule has 78 valence electrons. The second-order valence-corrected chi connectivity index (χ2v) is 5.51. The van der Waals surface area contributed by atoms with Gasteiger partial charge >= 0.3 is 0 Å². The van der Waals surface area contributed by atoms with Crippen LogP contribution in [0.25, 0.3) is 0 Å². The van der Waals surface area contributed by atoms with E-state index in [-0.39, 0.29) is 0 Å². The average Bonchev–Trinajstić information content (AvgIpc) is 2.17. The van der Waals surface area contributed by atoms with Gasteiger partial charge in [0.2, 0.25) is 0 Å². The van der Waals surface area contributed by atoms with Gasteiger partial charge in [0.05, 0.1) is 0 Å². The Bertz CT molecular complexity index is 138. The van der Waals surface area contributed by atoms with Crippen LogP contribution in [-0.2, 0) is 0 Å². The molecule has 0 spiro atoms. The Balaban J connectivity index is 2.31. The molecular formula is C11H23NS. The molecule has 0 aromatic carbocycles. The standard InChI is InChI=1S/C11H23NS/c1-3-7-13-11-8-9(4-2)5-6-10(11)12/h9-11H,3-8,12H2,1-2H3. The molecule has 1 nitrogen and oxygen atoms in total. The zero-order valence-corrected chi connectivity index (χ0v) is 9.78. The Kier molecular flexibility index (Phi) is 5.18. The van der Waals surface area contributed by atoms with Gasteiger partial charge in [-0.15, -0.1) is 0 Å². The van der Waals surface area contributed by atoms with Crippen molar-refractivity contribution < 1.29 is 0 Å². The fourth-order valence-corrected chi connectivity index (χ4v) is 3.40. The Morgan fingerprint density at radius 1 is 1.31 bits per heavy atom. The van der Waals surface area contributed by atoms with Crippen molar-refractivity contribution in [2.24, 2.45) is 11.7 Å².